The first-order valence-corrected chi connectivity index (χ1v) is 10.7. The fourth-order valence-electron chi connectivity index (χ4n) is 3.54. The van der Waals surface area contributed by atoms with Gasteiger partial charge in [0.05, 0.1) is 0 Å². The van der Waals surface area contributed by atoms with E-state index in [0.29, 0.717) is 17.4 Å². The number of carbonyl (C=O) groups excluding carboxylic acids is 1. The zero-order valence-corrected chi connectivity index (χ0v) is 18.0. The fraction of sp³-hybridized carbons (Fsp3) is 0.292. The number of nitrogens with zero attached hydrogens (tertiary/aromatic N) is 3. The van der Waals surface area contributed by atoms with Crippen LogP contribution in [0, 0.1) is 12.7 Å². The molecule has 166 valence electrons. The van der Waals surface area contributed by atoms with Crippen molar-refractivity contribution in [3.63, 3.8) is 0 Å². The van der Waals surface area contributed by atoms with E-state index in [1.807, 2.05) is 25.1 Å². The van der Waals surface area contributed by atoms with Gasteiger partial charge in [-0.15, -0.1) is 0 Å². The molecule has 1 aliphatic rings. The second-order valence-electron chi connectivity index (χ2n) is 7.73. The largest absolute Gasteiger partial charge is 0.484 e. The maximum absolute atomic E-state index is 12.9. The third kappa shape index (κ3) is 5.94. The standard InChI is InChI=1S/C24H26FN5O2/c1-17-15-22(30-13-3-2-4-14-30)29-24(26-17)28-20-9-7-19(8-10-20)27-23(31)16-32-21-11-5-18(25)6-12-21/h5-12,15H,2-4,13-14,16H2,1H3,(H,27,31)(H,26,28,29). The number of hydrogen-bond donors (Lipinski definition) is 2. The molecule has 1 fully saturated rings. The molecule has 0 bridgehead atoms. The van der Waals surface area contributed by atoms with Crippen LogP contribution in [0.2, 0.25) is 0 Å². The van der Waals surface area contributed by atoms with E-state index in [2.05, 4.69) is 25.5 Å². The molecule has 2 N–H and O–H groups in total. The predicted octanol–water partition coefficient (Wildman–Crippen LogP) is 4.68. The average molecular weight is 436 g/mol. The number of carbonyl (C=O) groups is 1. The van der Waals surface area contributed by atoms with Gasteiger partial charge in [0.25, 0.3) is 5.91 Å². The summed E-state index contributed by atoms with van der Waals surface area (Å²) in [4.78, 5) is 23.6. The number of aryl methyl sites for hydroxylation is 1. The Balaban J connectivity index is 1.33. The van der Waals surface area contributed by atoms with E-state index in [9.17, 15) is 9.18 Å². The number of anilines is 4. The number of piperidine rings is 1. The van der Waals surface area contributed by atoms with Gasteiger partial charge < -0.3 is 20.3 Å². The van der Waals surface area contributed by atoms with E-state index in [0.717, 1.165) is 30.3 Å². The number of ether oxygens (including phenoxy) is 1. The molecular weight excluding hydrogens is 409 g/mol. The first-order valence-electron chi connectivity index (χ1n) is 10.7. The Morgan fingerprint density at radius 3 is 2.41 bits per heavy atom. The zero-order valence-electron chi connectivity index (χ0n) is 18.0. The SMILES string of the molecule is Cc1cc(N2CCCCC2)nc(Nc2ccc(NC(=O)COc3ccc(F)cc3)cc2)n1. The summed E-state index contributed by atoms with van der Waals surface area (Å²) >= 11 is 0. The first-order chi connectivity index (χ1) is 15.5. The zero-order chi connectivity index (χ0) is 22.3. The third-order valence-electron chi connectivity index (χ3n) is 5.13. The molecule has 3 aromatic rings. The molecule has 4 rings (SSSR count). The fourth-order valence-corrected chi connectivity index (χ4v) is 3.54. The first kappa shape index (κ1) is 21.5. The Morgan fingerprint density at radius 1 is 1.00 bits per heavy atom. The summed E-state index contributed by atoms with van der Waals surface area (Å²) in [7, 11) is 0. The Kier molecular flexibility index (Phi) is 6.79. The van der Waals surface area contributed by atoms with Crippen molar-refractivity contribution >= 4 is 29.0 Å². The van der Waals surface area contributed by atoms with E-state index < -0.39 is 0 Å². The molecular formula is C24H26FN5O2. The lowest BCUT2D eigenvalue weighted by atomic mass is 10.1. The van der Waals surface area contributed by atoms with Crippen molar-refractivity contribution < 1.29 is 13.9 Å². The summed E-state index contributed by atoms with van der Waals surface area (Å²) in [6, 6.07) is 14.8. The molecule has 0 aliphatic carbocycles. The van der Waals surface area contributed by atoms with Crippen LogP contribution in [0.4, 0.5) is 27.5 Å². The number of halogens is 1. The van der Waals surface area contributed by atoms with Crippen molar-refractivity contribution in [2.24, 2.45) is 0 Å². The van der Waals surface area contributed by atoms with Crippen LogP contribution >= 0.6 is 0 Å². The smallest absolute Gasteiger partial charge is 0.262 e. The normalized spacial score (nSPS) is 13.5. The molecule has 2 heterocycles. The highest BCUT2D eigenvalue weighted by molar-refractivity contribution is 5.92. The van der Waals surface area contributed by atoms with Crippen LogP contribution in [-0.4, -0.2) is 35.6 Å². The lowest BCUT2D eigenvalue weighted by Gasteiger charge is -2.28. The minimum Gasteiger partial charge on any atom is -0.484 e. The van der Waals surface area contributed by atoms with Gasteiger partial charge in [-0.2, -0.15) is 4.98 Å². The van der Waals surface area contributed by atoms with Gasteiger partial charge in [-0.25, -0.2) is 9.37 Å². The molecule has 1 aliphatic heterocycles. The molecule has 1 saturated heterocycles. The monoisotopic (exact) mass is 435 g/mol. The molecule has 7 nitrogen and oxygen atoms in total. The van der Waals surface area contributed by atoms with Gasteiger partial charge in [0, 0.05) is 36.2 Å². The molecule has 32 heavy (non-hydrogen) atoms. The number of hydrogen-bond acceptors (Lipinski definition) is 6. The van der Waals surface area contributed by atoms with Crippen LogP contribution in [0.15, 0.2) is 54.6 Å². The van der Waals surface area contributed by atoms with E-state index in [4.69, 9.17) is 4.74 Å². The summed E-state index contributed by atoms with van der Waals surface area (Å²) in [5.41, 5.74) is 2.37. The van der Waals surface area contributed by atoms with Crippen LogP contribution in [-0.2, 0) is 4.79 Å². The Bertz CT molecular complexity index is 1050. The summed E-state index contributed by atoms with van der Waals surface area (Å²) in [5, 5.41) is 6.01. The molecule has 0 radical (unpaired) electrons. The van der Waals surface area contributed by atoms with Crippen LogP contribution in [0.1, 0.15) is 25.0 Å². The second-order valence-corrected chi connectivity index (χ2v) is 7.73. The second kappa shape index (κ2) is 10.1. The highest BCUT2D eigenvalue weighted by atomic mass is 19.1. The highest BCUT2D eigenvalue weighted by Gasteiger charge is 2.14. The van der Waals surface area contributed by atoms with E-state index in [-0.39, 0.29) is 18.3 Å². The molecule has 0 spiro atoms. The predicted molar refractivity (Wildman–Crippen MR) is 123 cm³/mol. The Hall–Kier alpha value is -3.68. The van der Waals surface area contributed by atoms with Crippen molar-refractivity contribution in [3.8, 4) is 5.75 Å². The number of benzene rings is 2. The Labute approximate surface area is 186 Å². The van der Waals surface area contributed by atoms with Gasteiger partial charge in [0.15, 0.2) is 6.61 Å². The summed E-state index contributed by atoms with van der Waals surface area (Å²) < 4.78 is 18.3. The van der Waals surface area contributed by atoms with Crippen molar-refractivity contribution in [1.82, 2.24) is 9.97 Å². The van der Waals surface area contributed by atoms with E-state index >= 15 is 0 Å². The van der Waals surface area contributed by atoms with Gasteiger partial charge in [0.2, 0.25) is 5.95 Å². The van der Waals surface area contributed by atoms with Gasteiger partial charge in [-0.3, -0.25) is 4.79 Å². The van der Waals surface area contributed by atoms with Crippen molar-refractivity contribution in [2.75, 3.05) is 35.2 Å². The van der Waals surface area contributed by atoms with Crippen LogP contribution in [0.3, 0.4) is 0 Å². The molecule has 1 amide bonds. The van der Waals surface area contributed by atoms with Gasteiger partial charge in [0.1, 0.15) is 17.4 Å². The minimum absolute atomic E-state index is 0.165. The van der Waals surface area contributed by atoms with Gasteiger partial charge >= 0.3 is 0 Å². The highest BCUT2D eigenvalue weighted by Crippen LogP contribution is 2.22. The minimum atomic E-state index is -0.353. The summed E-state index contributed by atoms with van der Waals surface area (Å²) in [6.07, 6.45) is 3.65. The molecule has 0 saturated carbocycles. The van der Waals surface area contributed by atoms with Gasteiger partial charge in [-0.05, 0) is 74.7 Å². The lowest BCUT2D eigenvalue weighted by molar-refractivity contribution is -0.118. The molecule has 0 atom stereocenters. The van der Waals surface area contributed by atoms with Crippen LogP contribution < -0.4 is 20.3 Å². The Morgan fingerprint density at radius 2 is 1.69 bits per heavy atom. The number of amides is 1. The molecule has 2 aromatic carbocycles. The lowest BCUT2D eigenvalue weighted by Crippen LogP contribution is -2.30. The number of rotatable bonds is 7. The van der Waals surface area contributed by atoms with Gasteiger partial charge in [-0.1, -0.05) is 0 Å². The number of nitrogens with one attached hydrogen (secondary N) is 2. The number of aromatic nitrogens is 2. The topological polar surface area (TPSA) is 79.4 Å². The molecule has 1 aromatic heterocycles. The van der Waals surface area contributed by atoms with Crippen molar-refractivity contribution in [1.29, 1.82) is 0 Å². The maximum Gasteiger partial charge on any atom is 0.262 e. The van der Waals surface area contributed by atoms with Crippen molar-refractivity contribution in [3.05, 3.63) is 66.1 Å². The average Bonchev–Trinajstić information content (AvgIpc) is 2.80. The van der Waals surface area contributed by atoms with E-state index in [1.165, 1.54) is 43.5 Å². The van der Waals surface area contributed by atoms with Crippen molar-refractivity contribution in [2.45, 2.75) is 26.2 Å². The maximum atomic E-state index is 12.9. The van der Waals surface area contributed by atoms with Crippen LogP contribution in [0.5, 0.6) is 5.75 Å². The quantitative estimate of drug-likeness (QED) is 0.561. The van der Waals surface area contributed by atoms with Crippen LogP contribution in [0.25, 0.3) is 0 Å². The molecule has 0 unspecified atom stereocenters. The van der Waals surface area contributed by atoms with E-state index in [1.54, 1.807) is 12.1 Å². The summed E-state index contributed by atoms with van der Waals surface area (Å²) in [5.74, 6) is 1.28. The summed E-state index contributed by atoms with van der Waals surface area (Å²) in [6.45, 7) is 3.85. The third-order valence-corrected chi connectivity index (χ3v) is 5.13. The molecule has 8 heteroatoms.